The molecule has 0 radical (unpaired) electrons. The summed E-state index contributed by atoms with van der Waals surface area (Å²) >= 11 is 3.44. The zero-order chi connectivity index (χ0) is 10.4. The molecule has 0 saturated carbocycles. The number of benzene rings is 1. The Balaban J connectivity index is 2.98. The van der Waals surface area contributed by atoms with Crippen LogP contribution in [0.1, 0.15) is 19.4 Å². The fourth-order valence-corrected chi connectivity index (χ4v) is 1.81. The number of hydrogen-bond donors (Lipinski definition) is 0. The highest BCUT2D eigenvalue weighted by Gasteiger charge is 2.08. The van der Waals surface area contributed by atoms with Crippen molar-refractivity contribution in [2.75, 3.05) is 13.2 Å². The third kappa shape index (κ3) is 2.64. The van der Waals surface area contributed by atoms with Crippen molar-refractivity contribution >= 4 is 15.9 Å². The monoisotopic (exact) mass is 258 g/mol. The molecule has 0 N–H and O–H groups in total. The minimum atomic E-state index is 0.676. The van der Waals surface area contributed by atoms with Crippen LogP contribution in [0.5, 0.6) is 11.5 Å². The predicted octanol–water partition coefficient (Wildman–Crippen LogP) is 3.38. The molecule has 0 atom stereocenters. The van der Waals surface area contributed by atoms with E-state index in [1.165, 1.54) is 0 Å². The fraction of sp³-hybridized carbons (Fsp3) is 0.455. The summed E-state index contributed by atoms with van der Waals surface area (Å²) in [5, 5.41) is 0.749. The SMILES string of the molecule is CCOc1cccc(OCC)c1CBr. The van der Waals surface area contributed by atoms with Crippen LogP contribution in [0.15, 0.2) is 18.2 Å². The second-order valence-corrected chi connectivity index (χ2v) is 3.29. The van der Waals surface area contributed by atoms with Crippen LogP contribution < -0.4 is 9.47 Å². The van der Waals surface area contributed by atoms with Gasteiger partial charge in [0.05, 0.1) is 13.2 Å². The Morgan fingerprint density at radius 3 is 1.93 bits per heavy atom. The van der Waals surface area contributed by atoms with E-state index in [9.17, 15) is 0 Å². The summed E-state index contributed by atoms with van der Waals surface area (Å²) in [6.07, 6.45) is 0. The third-order valence-corrected chi connectivity index (χ3v) is 2.38. The summed E-state index contributed by atoms with van der Waals surface area (Å²) in [4.78, 5) is 0. The van der Waals surface area contributed by atoms with E-state index in [0.717, 1.165) is 22.4 Å². The summed E-state index contributed by atoms with van der Waals surface area (Å²) in [6, 6.07) is 5.87. The summed E-state index contributed by atoms with van der Waals surface area (Å²) in [6.45, 7) is 5.31. The van der Waals surface area contributed by atoms with Crippen molar-refractivity contribution in [2.45, 2.75) is 19.2 Å². The Kier molecular flexibility index (Phi) is 4.80. The van der Waals surface area contributed by atoms with E-state index in [4.69, 9.17) is 9.47 Å². The number of ether oxygens (including phenoxy) is 2. The van der Waals surface area contributed by atoms with Gasteiger partial charge in [-0.1, -0.05) is 22.0 Å². The van der Waals surface area contributed by atoms with Gasteiger partial charge in [-0.05, 0) is 26.0 Å². The summed E-state index contributed by atoms with van der Waals surface area (Å²) < 4.78 is 11.0. The molecule has 1 aromatic carbocycles. The van der Waals surface area contributed by atoms with E-state index in [1.807, 2.05) is 32.0 Å². The molecule has 0 spiro atoms. The lowest BCUT2D eigenvalue weighted by molar-refractivity contribution is 0.318. The lowest BCUT2D eigenvalue weighted by Gasteiger charge is -2.12. The van der Waals surface area contributed by atoms with Gasteiger partial charge >= 0.3 is 0 Å². The smallest absolute Gasteiger partial charge is 0.127 e. The van der Waals surface area contributed by atoms with E-state index < -0.39 is 0 Å². The summed E-state index contributed by atoms with van der Waals surface area (Å²) in [5.74, 6) is 1.80. The van der Waals surface area contributed by atoms with Gasteiger partial charge in [0, 0.05) is 10.9 Å². The molecule has 0 bridgehead atoms. The number of hydrogen-bond acceptors (Lipinski definition) is 2. The average Bonchev–Trinajstić information content (AvgIpc) is 2.19. The van der Waals surface area contributed by atoms with Crippen LogP contribution in [-0.4, -0.2) is 13.2 Å². The molecule has 0 unspecified atom stereocenters. The molecule has 0 heterocycles. The van der Waals surface area contributed by atoms with Crippen LogP contribution in [0.2, 0.25) is 0 Å². The predicted molar refractivity (Wildman–Crippen MR) is 61.4 cm³/mol. The lowest BCUT2D eigenvalue weighted by Crippen LogP contribution is -1.99. The van der Waals surface area contributed by atoms with Gasteiger partial charge in [-0.2, -0.15) is 0 Å². The number of rotatable bonds is 5. The molecule has 3 heteroatoms. The summed E-state index contributed by atoms with van der Waals surface area (Å²) in [5.41, 5.74) is 1.08. The Morgan fingerprint density at radius 2 is 1.57 bits per heavy atom. The highest BCUT2D eigenvalue weighted by Crippen LogP contribution is 2.30. The Labute approximate surface area is 93.4 Å². The first-order valence-corrected chi connectivity index (χ1v) is 5.89. The maximum atomic E-state index is 5.50. The maximum absolute atomic E-state index is 5.50. The van der Waals surface area contributed by atoms with Crippen LogP contribution in [-0.2, 0) is 5.33 Å². The molecule has 14 heavy (non-hydrogen) atoms. The molecule has 1 rings (SSSR count). The third-order valence-electron chi connectivity index (χ3n) is 1.82. The maximum Gasteiger partial charge on any atom is 0.127 e. The molecule has 0 saturated heterocycles. The quantitative estimate of drug-likeness (QED) is 0.755. The van der Waals surface area contributed by atoms with Gasteiger partial charge in [-0.25, -0.2) is 0 Å². The molecule has 0 aliphatic heterocycles. The second-order valence-electron chi connectivity index (χ2n) is 2.73. The summed E-state index contributed by atoms with van der Waals surface area (Å²) in [7, 11) is 0. The van der Waals surface area contributed by atoms with Gasteiger partial charge in [0.15, 0.2) is 0 Å². The van der Waals surface area contributed by atoms with Crippen molar-refractivity contribution in [3.63, 3.8) is 0 Å². The molecule has 0 fully saturated rings. The highest BCUT2D eigenvalue weighted by atomic mass is 79.9. The Hall–Kier alpha value is -0.700. The minimum absolute atomic E-state index is 0.676. The molecular formula is C11H15BrO2. The second kappa shape index (κ2) is 5.91. The van der Waals surface area contributed by atoms with E-state index in [1.54, 1.807) is 0 Å². The molecule has 0 aliphatic carbocycles. The van der Waals surface area contributed by atoms with Crippen molar-refractivity contribution in [3.8, 4) is 11.5 Å². The van der Waals surface area contributed by atoms with Gasteiger partial charge in [-0.3, -0.25) is 0 Å². The molecular weight excluding hydrogens is 244 g/mol. The normalized spacial score (nSPS) is 9.93. The molecule has 0 aromatic heterocycles. The van der Waals surface area contributed by atoms with E-state index in [0.29, 0.717) is 13.2 Å². The molecule has 0 aliphatic rings. The topological polar surface area (TPSA) is 18.5 Å². The molecule has 2 nitrogen and oxygen atoms in total. The fourth-order valence-electron chi connectivity index (χ4n) is 1.26. The van der Waals surface area contributed by atoms with Gasteiger partial charge in [0.25, 0.3) is 0 Å². The van der Waals surface area contributed by atoms with Crippen molar-refractivity contribution in [1.29, 1.82) is 0 Å². The Morgan fingerprint density at radius 1 is 1.07 bits per heavy atom. The molecule has 78 valence electrons. The first-order chi connectivity index (χ1) is 6.83. The minimum Gasteiger partial charge on any atom is -0.493 e. The van der Waals surface area contributed by atoms with Gasteiger partial charge in [0.1, 0.15) is 11.5 Å². The van der Waals surface area contributed by atoms with E-state index in [-0.39, 0.29) is 0 Å². The lowest BCUT2D eigenvalue weighted by atomic mass is 10.2. The van der Waals surface area contributed by atoms with Crippen LogP contribution in [0, 0.1) is 0 Å². The van der Waals surface area contributed by atoms with Crippen molar-refractivity contribution in [2.24, 2.45) is 0 Å². The van der Waals surface area contributed by atoms with Crippen LogP contribution >= 0.6 is 15.9 Å². The first-order valence-electron chi connectivity index (χ1n) is 4.76. The standard InChI is InChI=1S/C11H15BrO2/c1-3-13-10-6-5-7-11(14-4-2)9(10)8-12/h5-7H,3-4,8H2,1-2H3. The van der Waals surface area contributed by atoms with E-state index >= 15 is 0 Å². The van der Waals surface area contributed by atoms with Crippen molar-refractivity contribution in [3.05, 3.63) is 23.8 Å². The van der Waals surface area contributed by atoms with Crippen molar-refractivity contribution < 1.29 is 9.47 Å². The molecule has 1 aromatic rings. The van der Waals surface area contributed by atoms with Crippen LogP contribution in [0.4, 0.5) is 0 Å². The van der Waals surface area contributed by atoms with Gasteiger partial charge in [0.2, 0.25) is 0 Å². The zero-order valence-corrected chi connectivity index (χ0v) is 10.1. The number of halogens is 1. The molecule has 0 amide bonds. The largest absolute Gasteiger partial charge is 0.493 e. The van der Waals surface area contributed by atoms with Crippen molar-refractivity contribution in [1.82, 2.24) is 0 Å². The van der Waals surface area contributed by atoms with Gasteiger partial charge in [-0.15, -0.1) is 0 Å². The van der Waals surface area contributed by atoms with Crippen LogP contribution in [0.25, 0.3) is 0 Å². The van der Waals surface area contributed by atoms with E-state index in [2.05, 4.69) is 15.9 Å². The van der Waals surface area contributed by atoms with Gasteiger partial charge < -0.3 is 9.47 Å². The zero-order valence-electron chi connectivity index (χ0n) is 8.55. The van der Waals surface area contributed by atoms with Crippen LogP contribution in [0.3, 0.4) is 0 Å². The average molecular weight is 259 g/mol. The highest BCUT2D eigenvalue weighted by molar-refractivity contribution is 9.08. The number of alkyl halides is 1. The first kappa shape index (κ1) is 11.4. The Bertz CT molecular complexity index is 262.